The van der Waals surface area contributed by atoms with Gasteiger partial charge in [-0.3, -0.25) is 4.98 Å². The minimum Gasteiger partial charge on any atom is -0.454 e. The highest BCUT2D eigenvalue weighted by atomic mass is 16.3. The van der Waals surface area contributed by atoms with E-state index >= 15 is 0 Å². The first kappa shape index (κ1) is 27.4. The summed E-state index contributed by atoms with van der Waals surface area (Å²) in [6.45, 7) is 0. The molecule has 0 amide bonds. The van der Waals surface area contributed by atoms with Crippen molar-refractivity contribution in [1.29, 1.82) is 0 Å². The van der Waals surface area contributed by atoms with Gasteiger partial charge in [-0.15, -0.1) is 0 Å². The van der Waals surface area contributed by atoms with Gasteiger partial charge < -0.3 is 4.42 Å². The van der Waals surface area contributed by atoms with Crippen LogP contribution in [-0.2, 0) is 0 Å². The third-order valence-electron chi connectivity index (χ3n) is 9.43. The molecule has 0 N–H and O–H groups in total. The number of hydrogen-bond donors (Lipinski definition) is 0. The zero-order chi connectivity index (χ0) is 32.3. The van der Waals surface area contributed by atoms with E-state index in [1.54, 1.807) is 6.20 Å². The molecule has 0 atom stereocenters. The number of nitrogens with zero attached hydrogens (tertiary/aromatic N) is 4. The van der Waals surface area contributed by atoms with Crippen LogP contribution < -0.4 is 0 Å². The van der Waals surface area contributed by atoms with E-state index in [9.17, 15) is 0 Å². The molecule has 10 aromatic rings. The number of pyridine rings is 1. The van der Waals surface area contributed by atoms with E-state index in [0.717, 1.165) is 76.7 Å². The molecule has 3 heterocycles. The zero-order valence-electron chi connectivity index (χ0n) is 26.2. The summed E-state index contributed by atoms with van der Waals surface area (Å²) in [5.74, 6) is 1.91. The van der Waals surface area contributed by atoms with Gasteiger partial charge in [-0.05, 0) is 56.3 Å². The Morgan fingerprint density at radius 1 is 0.388 bits per heavy atom. The summed E-state index contributed by atoms with van der Waals surface area (Å²) in [5.41, 5.74) is 6.78. The lowest BCUT2D eigenvalue weighted by atomic mass is 9.92. The van der Waals surface area contributed by atoms with E-state index < -0.39 is 0 Å². The molecule has 49 heavy (non-hydrogen) atoms. The Morgan fingerprint density at radius 2 is 1.00 bits per heavy atom. The van der Waals surface area contributed by atoms with Crippen LogP contribution in [0.1, 0.15) is 0 Å². The fraction of sp³-hybridized carbons (Fsp3) is 0. The number of benzene rings is 7. The maximum atomic E-state index is 6.36. The summed E-state index contributed by atoms with van der Waals surface area (Å²) in [5, 5.41) is 8.88. The van der Waals surface area contributed by atoms with E-state index in [1.165, 1.54) is 5.39 Å². The van der Waals surface area contributed by atoms with E-state index in [1.807, 2.05) is 42.6 Å². The van der Waals surface area contributed by atoms with Gasteiger partial charge in [0.25, 0.3) is 0 Å². The first-order valence-electron chi connectivity index (χ1n) is 16.3. The summed E-state index contributed by atoms with van der Waals surface area (Å²) in [4.78, 5) is 19.5. The molecule has 0 unspecified atom stereocenters. The highest BCUT2D eigenvalue weighted by Crippen LogP contribution is 2.41. The van der Waals surface area contributed by atoms with Crippen molar-refractivity contribution in [3.8, 4) is 45.3 Å². The fourth-order valence-corrected chi connectivity index (χ4v) is 7.09. The molecule has 10 rings (SSSR count). The Balaban J connectivity index is 1.18. The zero-order valence-corrected chi connectivity index (χ0v) is 26.2. The summed E-state index contributed by atoms with van der Waals surface area (Å²) < 4.78 is 6.36. The van der Waals surface area contributed by atoms with Gasteiger partial charge in [-0.2, -0.15) is 0 Å². The summed E-state index contributed by atoms with van der Waals surface area (Å²) in [7, 11) is 0. The monoisotopic (exact) mass is 626 g/mol. The standard InChI is InChI=1S/C44H26N4O/c1-2-10-28(11-3-1)42-46-43(30-20-19-27-9-4-5-12-29(27)25-30)48-44(47-42)39-18-8-15-32-31(13-6-16-34(32)39)33-14-7-17-37-35(33)21-22-38-36-23-24-45-26-40(36)49-41(37)38/h1-26H. The van der Waals surface area contributed by atoms with Crippen molar-refractivity contribution in [2.45, 2.75) is 0 Å². The van der Waals surface area contributed by atoms with Crippen molar-refractivity contribution in [3.05, 3.63) is 158 Å². The number of hydrogen-bond acceptors (Lipinski definition) is 5. The average molecular weight is 627 g/mol. The van der Waals surface area contributed by atoms with Crippen LogP contribution >= 0.6 is 0 Å². The predicted octanol–water partition coefficient (Wildman–Crippen LogP) is 11.3. The lowest BCUT2D eigenvalue weighted by molar-refractivity contribution is 0.670. The van der Waals surface area contributed by atoms with Gasteiger partial charge in [0.05, 0.1) is 6.20 Å². The van der Waals surface area contributed by atoms with Crippen molar-refractivity contribution in [2.24, 2.45) is 0 Å². The van der Waals surface area contributed by atoms with Crippen molar-refractivity contribution >= 4 is 54.3 Å². The highest BCUT2D eigenvalue weighted by molar-refractivity contribution is 6.18. The molecule has 3 aromatic heterocycles. The minimum atomic E-state index is 0.635. The topological polar surface area (TPSA) is 64.7 Å². The molecule has 0 saturated carbocycles. The number of rotatable bonds is 4. The lowest BCUT2D eigenvalue weighted by Gasteiger charge is -2.14. The van der Waals surface area contributed by atoms with E-state index in [4.69, 9.17) is 19.4 Å². The normalized spacial score (nSPS) is 11.7. The van der Waals surface area contributed by atoms with Crippen LogP contribution in [0, 0.1) is 0 Å². The molecular weight excluding hydrogens is 601 g/mol. The Hall–Kier alpha value is -6.72. The molecule has 0 aliphatic carbocycles. The molecule has 5 heteroatoms. The molecule has 0 bridgehead atoms. The van der Waals surface area contributed by atoms with Gasteiger partial charge >= 0.3 is 0 Å². The molecule has 7 aromatic carbocycles. The summed E-state index contributed by atoms with van der Waals surface area (Å²) in [6, 6.07) is 50.5. The van der Waals surface area contributed by atoms with E-state index in [0.29, 0.717) is 17.5 Å². The number of fused-ring (bicyclic) bond motifs is 7. The van der Waals surface area contributed by atoms with Crippen LogP contribution in [-0.4, -0.2) is 19.9 Å². The molecule has 0 aliphatic heterocycles. The van der Waals surface area contributed by atoms with Gasteiger partial charge in [0.1, 0.15) is 5.58 Å². The second-order valence-electron chi connectivity index (χ2n) is 12.3. The second kappa shape index (κ2) is 10.9. The van der Waals surface area contributed by atoms with Gasteiger partial charge in [0, 0.05) is 39.0 Å². The van der Waals surface area contributed by atoms with E-state index in [2.05, 4.69) is 114 Å². The van der Waals surface area contributed by atoms with Gasteiger partial charge in [0.2, 0.25) is 0 Å². The summed E-state index contributed by atoms with van der Waals surface area (Å²) >= 11 is 0. The maximum absolute atomic E-state index is 6.36. The molecule has 5 nitrogen and oxygen atoms in total. The smallest absolute Gasteiger partial charge is 0.164 e. The quantitative estimate of drug-likeness (QED) is 0.194. The van der Waals surface area contributed by atoms with Crippen LogP contribution in [0.25, 0.3) is 99.5 Å². The first-order chi connectivity index (χ1) is 24.3. The molecule has 0 aliphatic rings. The van der Waals surface area contributed by atoms with Crippen LogP contribution in [0.4, 0.5) is 0 Å². The molecule has 0 radical (unpaired) electrons. The minimum absolute atomic E-state index is 0.635. The van der Waals surface area contributed by atoms with Crippen molar-refractivity contribution in [2.75, 3.05) is 0 Å². The predicted molar refractivity (Wildman–Crippen MR) is 199 cm³/mol. The Kier molecular flexibility index (Phi) is 6.11. The SMILES string of the molecule is c1ccc(-c2nc(-c3ccc4ccccc4c3)nc(-c3cccc4c(-c5cccc6c5ccc5c7ccncc7oc65)cccc34)n2)cc1. The number of aromatic nitrogens is 4. The van der Waals surface area contributed by atoms with Crippen molar-refractivity contribution in [1.82, 2.24) is 19.9 Å². The molecular formula is C44H26N4O. The van der Waals surface area contributed by atoms with Crippen LogP contribution in [0.5, 0.6) is 0 Å². The molecule has 0 saturated heterocycles. The summed E-state index contributed by atoms with van der Waals surface area (Å²) in [6.07, 6.45) is 3.60. The van der Waals surface area contributed by atoms with E-state index in [-0.39, 0.29) is 0 Å². The average Bonchev–Trinajstić information content (AvgIpc) is 3.56. The Bertz CT molecular complexity index is 2890. The third-order valence-corrected chi connectivity index (χ3v) is 9.43. The fourth-order valence-electron chi connectivity index (χ4n) is 7.09. The Labute approximate surface area is 281 Å². The Morgan fingerprint density at radius 3 is 1.82 bits per heavy atom. The van der Waals surface area contributed by atoms with Gasteiger partial charge in [-0.25, -0.2) is 15.0 Å². The largest absolute Gasteiger partial charge is 0.454 e. The van der Waals surface area contributed by atoms with Gasteiger partial charge in [-0.1, -0.05) is 127 Å². The second-order valence-corrected chi connectivity index (χ2v) is 12.3. The van der Waals surface area contributed by atoms with Crippen LogP contribution in [0.2, 0.25) is 0 Å². The number of furan rings is 1. The molecule has 0 fully saturated rings. The van der Waals surface area contributed by atoms with Crippen molar-refractivity contribution in [3.63, 3.8) is 0 Å². The van der Waals surface area contributed by atoms with Gasteiger partial charge in [0.15, 0.2) is 23.1 Å². The highest BCUT2D eigenvalue weighted by Gasteiger charge is 2.18. The third kappa shape index (κ3) is 4.48. The first-order valence-corrected chi connectivity index (χ1v) is 16.3. The van der Waals surface area contributed by atoms with Crippen molar-refractivity contribution < 1.29 is 4.42 Å². The van der Waals surface area contributed by atoms with Crippen LogP contribution in [0.15, 0.2) is 162 Å². The molecule has 228 valence electrons. The maximum Gasteiger partial charge on any atom is 0.164 e. The molecule has 0 spiro atoms. The lowest BCUT2D eigenvalue weighted by Crippen LogP contribution is -2.00. The van der Waals surface area contributed by atoms with Crippen LogP contribution in [0.3, 0.4) is 0 Å².